The average molecular weight is 289 g/mol. The minimum Gasteiger partial charge on any atom is -0.493 e. The normalized spacial score (nSPS) is 10.4. The molecule has 0 fully saturated rings. The first kappa shape index (κ1) is 15.1. The largest absolute Gasteiger partial charge is 0.493 e. The number of nitrogens with zero attached hydrogens (tertiary/aromatic N) is 2. The van der Waals surface area contributed by atoms with E-state index < -0.39 is 0 Å². The van der Waals surface area contributed by atoms with Crippen molar-refractivity contribution in [3.8, 4) is 11.5 Å². The molecule has 1 aromatic heterocycles. The summed E-state index contributed by atoms with van der Waals surface area (Å²) in [7, 11) is 1.61. The Bertz CT molecular complexity index is 596. The first-order valence-corrected chi connectivity index (χ1v) is 6.63. The molecule has 0 aliphatic carbocycles. The molecule has 0 radical (unpaired) electrons. The van der Waals surface area contributed by atoms with E-state index in [1.54, 1.807) is 14.0 Å². The summed E-state index contributed by atoms with van der Waals surface area (Å²) in [4.78, 5) is 4.09. The zero-order valence-corrected chi connectivity index (χ0v) is 12.3. The van der Waals surface area contributed by atoms with E-state index in [1.165, 1.54) is 0 Å². The van der Waals surface area contributed by atoms with Gasteiger partial charge in [-0.15, -0.1) is 6.58 Å². The molecule has 112 valence electrons. The van der Waals surface area contributed by atoms with Gasteiger partial charge in [0.25, 0.3) is 5.89 Å². The molecule has 0 aliphatic rings. The molecule has 1 heterocycles. The van der Waals surface area contributed by atoms with E-state index in [9.17, 15) is 0 Å². The van der Waals surface area contributed by atoms with Crippen LogP contribution in [0.3, 0.4) is 0 Å². The van der Waals surface area contributed by atoms with E-state index in [1.807, 2.05) is 24.3 Å². The van der Waals surface area contributed by atoms with Crippen LogP contribution in [0.15, 0.2) is 35.4 Å². The predicted molar refractivity (Wildman–Crippen MR) is 78.3 cm³/mol. The second-order valence-electron chi connectivity index (χ2n) is 4.43. The smallest absolute Gasteiger partial charge is 0.264 e. The van der Waals surface area contributed by atoms with Crippen molar-refractivity contribution in [1.29, 1.82) is 0 Å². The number of benzene rings is 1. The van der Waals surface area contributed by atoms with Crippen molar-refractivity contribution in [2.24, 2.45) is 0 Å². The summed E-state index contributed by atoms with van der Waals surface area (Å²) in [5.41, 5.74) is 1.11. The van der Waals surface area contributed by atoms with Crippen molar-refractivity contribution in [2.45, 2.75) is 20.1 Å². The van der Waals surface area contributed by atoms with Crippen molar-refractivity contribution < 1.29 is 14.0 Å². The number of hydrogen-bond acceptors (Lipinski definition) is 6. The minimum absolute atomic E-state index is 0.214. The van der Waals surface area contributed by atoms with Crippen LogP contribution in [-0.2, 0) is 13.2 Å². The first-order valence-electron chi connectivity index (χ1n) is 6.63. The molecule has 6 nitrogen and oxygen atoms in total. The molecule has 6 heteroatoms. The van der Waals surface area contributed by atoms with E-state index in [0.29, 0.717) is 23.2 Å². The number of aromatic nitrogens is 2. The standard InChI is InChI=1S/C15H19N3O3/c1-4-7-16-9-12-5-6-13(14(8-12)19-3)20-10-15-17-11(2)18-21-15/h4-6,8,16H,1,7,9-10H2,2-3H3. The Morgan fingerprint density at radius 1 is 1.38 bits per heavy atom. The lowest BCUT2D eigenvalue weighted by Crippen LogP contribution is -2.12. The summed E-state index contributed by atoms with van der Waals surface area (Å²) in [5, 5.41) is 6.95. The summed E-state index contributed by atoms with van der Waals surface area (Å²) >= 11 is 0. The number of ether oxygens (including phenoxy) is 2. The molecule has 0 aliphatic heterocycles. The quantitative estimate of drug-likeness (QED) is 0.593. The summed E-state index contributed by atoms with van der Waals surface area (Å²) in [6, 6.07) is 5.78. The van der Waals surface area contributed by atoms with Gasteiger partial charge in [0, 0.05) is 13.1 Å². The third kappa shape index (κ3) is 4.32. The van der Waals surface area contributed by atoms with E-state index in [-0.39, 0.29) is 6.61 Å². The SMILES string of the molecule is C=CCNCc1ccc(OCc2nc(C)no2)c(OC)c1. The van der Waals surface area contributed by atoms with Crippen LogP contribution >= 0.6 is 0 Å². The van der Waals surface area contributed by atoms with Crippen molar-refractivity contribution in [1.82, 2.24) is 15.5 Å². The second-order valence-corrected chi connectivity index (χ2v) is 4.43. The van der Waals surface area contributed by atoms with Gasteiger partial charge in [0.05, 0.1) is 7.11 Å². The average Bonchev–Trinajstić information content (AvgIpc) is 2.91. The number of methoxy groups -OCH3 is 1. The van der Waals surface area contributed by atoms with Crippen LogP contribution in [0.5, 0.6) is 11.5 Å². The summed E-state index contributed by atoms with van der Waals surface area (Å²) in [6.07, 6.45) is 1.82. The van der Waals surface area contributed by atoms with Gasteiger partial charge in [-0.25, -0.2) is 0 Å². The molecule has 0 amide bonds. The highest BCUT2D eigenvalue weighted by molar-refractivity contribution is 5.42. The third-order valence-corrected chi connectivity index (χ3v) is 2.77. The highest BCUT2D eigenvalue weighted by Gasteiger charge is 2.09. The summed E-state index contributed by atoms with van der Waals surface area (Å²) < 4.78 is 16.0. The molecule has 0 spiro atoms. The zero-order chi connectivity index (χ0) is 15.1. The minimum atomic E-state index is 0.214. The highest BCUT2D eigenvalue weighted by Crippen LogP contribution is 2.28. The van der Waals surface area contributed by atoms with E-state index in [0.717, 1.165) is 18.7 Å². The van der Waals surface area contributed by atoms with Crippen molar-refractivity contribution >= 4 is 0 Å². The van der Waals surface area contributed by atoms with Crippen LogP contribution in [-0.4, -0.2) is 23.8 Å². The number of aryl methyl sites for hydroxylation is 1. The lowest BCUT2D eigenvalue weighted by atomic mass is 10.2. The Morgan fingerprint density at radius 3 is 2.90 bits per heavy atom. The van der Waals surface area contributed by atoms with Gasteiger partial charge in [-0.1, -0.05) is 17.3 Å². The van der Waals surface area contributed by atoms with Gasteiger partial charge < -0.3 is 19.3 Å². The maximum atomic E-state index is 5.65. The van der Waals surface area contributed by atoms with Crippen LogP contribution in [0.4, 0.5) is 0 Å². The van der Waals surface area contributed by atoms with Crippen molar-refractivity contribution in [3.05, 3.63) is 48.1 Å². The van der Waals surface area contributed by atoms with Crippen LogP contribution in [0.25, 0.3) is 0 Å². The van der Waals surface area contributed by atoms with Crippen LogP contribution < -0.4 is 14.8 Å². The van der Waals surface area contributed by atoms with Gasteiger partial charge in [-0.05, 0) is 24.6 Å². The summed E-state index contributed by atoms with van der Waals surface area (Å²) in [6.45, 7) is 7.15. The molecule has 21 heavy (non-hydrogen) atoms. The van der Waals surface area contributed by atoms with E-state index in [2.05, 4.69) is 22.0 Å². The van der Waals surface area contributed by atoms with Gasteiger partial charge >= 0.3 is 0 Å². The van der Waals surface area contributed by atoms with Crippen molar-refractivity contribution in [3.63, 3.8) is 0 Å². The van der Waals surface area contributed by atoms with Gasteiger partial charge in [-0.2, -0.15) is 4.98 Å². The van der Waals surface area contributed by atoms with E-state index in [4.69, 9.17) is 14.0 Å². The van der Waals surface area contributed by atoms with Crippen LogP contribution in [0.1, 0.15) is 17.3 Å². The van der Waals surface area contributed by atoms with Gasteiger partial charge in [0.1, 0.15) is 0 Å². The fourth-order valence-electron chi connectivity index (χ4n) is 1.80. The molecule has 1 N–H and O–H groups in total. The third-order valence-electron chi connectivity index (χ3n) is 2.77. The molecule has 0 bridgehead atoms. The van der Waals surface area contributed by atoms with Crippen LogP contribution in [0.2, 0.25) is 0 Å². The molecule has 0 saturated heterocycles. The number of rotatable bonds is 8. The number of nitrogens with one attached hydrogen (secondary N) is 1. The Morgan fingerprint density at radius 2 is 2.24 bits per heavy atom. The van der Waals surface area contributed by atoms with Crippen LogP contribution in [0, 0.1) is 6.92 Å². The predicted octanol–water partition coefficient (Wildman–Crippen LogP) is 2.24. The highest BCUT2D eigenvalue weighted by atomic mass is 16.5. The molecular formula is C15H19N3O3. The Labute approximate surface area is 123 Å². The zero-order valence-electron chi connectivity index (χ0n) is 12.3. The fraction of sp³-hybridized carbons (Fsp3) is 0.333. The van der Waals surface area contributed by atoms with Gasteiger partial charge in [0.2, 0.25) is 0 Å². The Hall–Kier alpha value is -2.34. The topological polar surface area (TPSA) is 69.4 Å². The molecule has 1 aromatic carbocycles. The number of hydrogen-bond donors (Lipinski definition) is 1. The van der Waals surface area contributed by atoms with E-state index >= 15 is 0 Å². The Kier molecular flexibility index (Phi) is 5.34. The maximum Gasteiger partial charge on any atom is 0.264 e. The first-order chi connectivity index (χ1) is 10.2. The lowest BCUT2D eigenvalue weighted by molar-refractivity contribution is 0.233. The maximum absolute atomic E-state index is 5.65. The lowest BCUT2D eigenvalue weighted by Gasteiger charge is -2.11. The second kappa shape index (κ2) is 7.44. The summed E-state index contributed by atoms with van der Waals surface area (Å²) in [5.74, 6) is 2.33. The molecule has 0 saturated carbocycles. The molecule has 2 aromatic rings. The monoisotopic (exact) mass is 289 g/mol. The van der Waals surface area contributed by atoms with Gasteiger partial charge in [-0.3, -0.25) is 0 Å². The molecule has 0 atom stereocenters. The van der Waals surface area contributed by atoms with Gasteiger partial charge in [0.15, 0.2) is 23.9 Å². The van der Waals surface area contributed by atoms with Crippen molar-refractivity contribution in [2.75, 3.05) is 13.7 Å². The molecule has 0 unspecified atom stereocenters. The molecular weight excluding hydrogens is 270 g/mol. The Balaban J connectivity index is 2.00. The fourth-order valence-corrected chi connectivity index (χ4v) is 1.80. The molecule has 2 rings (SSSR count).